The van der Waals surface area contributed by atoms with E-state index >= 15 is 0 Å². The van der Waals surface area contributed by atoms with Crippen LogP contribution in [0.5, 0.6) is 5.75 Å². The third kappa shape index (κ3) is 3.51. The predicted octanol–water partition coefficient (Wildman–Crippen LogP) is 4.01. The Kier molecular flexibility index (Phi) is 5.40. The van der Waals surface area contributed by atoms with Gasteiger partial charge in [-0.25, -0.2) is 0 Å². The normalized spacial score (nSPS) is 12.2. The van der Waals surface area contributed by atoms with Crippen LogP contribution in [0.25, 0.3) is 0 Å². The van der Waals surface area contributed by atoms with Crippen molar-refractivity contribution in [2.45, 2.75) is 12.5 Å². The lowest BCUT2D eigenvalue weighted by Crippen LogP contribution is -2.19. The molecule has 5 heteroatoms. The number of hydrogen-bond acceptors (Lipinski definition) is 3. The van der Waals surface area contributed by atoms with Crippen LogP contribution < -0.4 is 10.1 Å². The number of nitrogens with zero attached hydrogens (tertiary/aromatic N) is 1. The number of aromatic nitrogens is 1. The SMILES string of the molecule is CNC(Cc1ccc(OC)c(Br)c1)c1ccncc1Cl. The fourth-order valence-corrected chi connectivity index (χ4v) is 2.95. The Hall–Kier alpha value is -1.10. The highest BCUT2D eigenvalue weighted by Gasteiger charge is 2.14. The summed E-state index contributed by atoms with van der Waals surface area (Å²) >= 11 is 9.72. The smallest absolute Gasteiger partial charge is 0.133 e. The first-order chi connectivity index (χ1) is 9.65. The van der Waals surface area contributed by atoms with Gasteiger partial charge in [0.25, 0.3) is 0 Å². The fraction of sp³-hybridized carbons (Fsp3) is 0.267. The molecule has 1 aromatic carbocycles. The third-order valence-corrected chi connectivity index (χ3v) is 4.12. The highest BCUT2D eigenvalue weighted by atomic mass is 79.9. The second-order valence-electron chi connectivity index (χ2n) is 4.41. The van der Waals surface area contributed by atoms with Gasteiger partial charge in [0.1, 0.15) is 5.75 Å². The topological polar surface area (TPSA) is 34.1 Å². The Balaban J connectivity index is 2.23. The lowest BCUT2D eigenvalue weighted by molar-refractivity contribution is 0.412. The summed E-state index contributed by atoms with van der Waals surface area (Å²) in [6.07, 6.45) is 4.27. The van der Waals surface area contributed by atoms with Crippen molar-refractivity contribution >= 4 is 27.5 Å². The maximum Gasteiger partial charge on any atom is 0.133 e. The number of pyridine rings is 1. The fourth-order valence-electron chi connectivity index (χ4n) is 2.11. The minimum absolute atomic E-state index is 0.144. The van der Waals surface area contributed by atoms with E-state index in [-0.39, 0.29) is 6.04 Å². The zero-order valence-corrected chi connectivity index (χ0v) is 13.7. The largest absolute Gasteiger partial charge is 0.496 e. The van der Waals surface area contributed by atoms with Crippen LogP contribution in [0.4, 0.5) is 0 Å². The summed E-state index contributed by atoms with van der Waals surface area (Å²) in [5.74, 6) is 0.830. The van der Waals surface area contributed by atoms with E-state index in [0.29, 0.717) is 5.02 Å². The molecule has 106 valence electrons. The molecular formula is C15H16BrClN2O. The number of benzene rings is 1. The van der Waals surface area contributed by atoms with Crippen LogP contribution >= 0.6 is 27.5 Å². The first-order valence-corrected chi connectivity index (χ1v) is 7.42. The van der Waals surface area contributed by atoms with Crippen LogP contribution in [-0.2, 0) is 6.42 Å². The Labute approximate surface area is 132 Å². The number of halogens is 2. The zero-order valence-electron chi connectivity index (χ0n) is 11.4. The van der Waals surface area contributed by atoms with Crippen LogP contribution in [0, 0.1) is 0 Å². The molecule has 2 rings (SSSR count). The Bertz CT molecular complexity index is 592. The molecule has 0 amide bonds. The lowest BCUT2D eigenvalue weighted by atomic mass is 10.00. The van der Waals surface area contributed by atoms with E-state index in [0.717, 1.165) is 22.2 Å². The summed E-state index contributed by atoms with van der Waals surface area (Å²) in [5, 5.41) is 3.98. The van der Waals surface area contributed by atoms with Gasteiger partial charge >= 0.3 is 0 Å². The lowest BCUT2D eigenvalue weighted by Gasteiger charge is -2.18. The van der Waals surface area contributed by atoms with Gasteiger partial charge in [-0.3, -0.25) is 4.98 Å². The highest BCUT2D eigenvalue weighted by molar-refractivity contribution is 9.10. The first kappa shape index (κ1) is 15.3. The van der Waals surface area contributed by atoms with Gasteiger partial charge in [0.2, 0.25) is 0 Å². The van der Waals surface area contributed by atoms with Crippen LogP contribution in [0.2, 0.25) is 5.02 Å². The molecule has 1 heterocycles. The maximum absolute atomic E-state index is 6.21. The average molecular weight is 356 g/mol. The van der Waals surface area contributed by atoms with E-state index < -0.39 is 0 Å². The summed E-state index contributed by atoms with van der Waals surface area (Å²) < 4.78 is 6.20. The highest BCUT2D eigenvalue weighted by Crippen LogP contribution is 2.29. The van der Waals surface area contributed by atoms with Crippen molar-refractivity contribution in [2.75, 3.05) is 14.2 Å². The van der Waals surface area contributed by atoms with Crippen molar-refractivity contribution in [2.24, 2.45) is 0 Å². The second kappa shape index (κ2) is 7.07. The van der Waals surface area contributed by atoms with E-state index in [1.807, 2.05) is 19.2 Å². The van der Waals surface area contributed by atoms with Gasteiger partial charge < -0.3 is 10.1 Å². The van der Waals surface area contributed by atoms with E-state index in [1.165, 1.54) is 5.56 Å². The minimum atomic E-state index is 0.144. The molecule has 1 N–H and O–H groups in total. The molecule has 0 spiro atoms. The minimum Gasteiger partial charge on any atom is -0.496 e. The quantitative estimate of drug-likeness (QED) is 0.880. The van der Waals surface area contributed by atoms with E-state index in [1.54, 1.807) is 19.5 Å². The number of likely N-dealkylation sites (N-methyl/N-ethyl adjacent to an activating group) is 1. The van der Waals surface area contributed by atoms with Gasteiger partial charge in [-0.05, 0) is 58.7 Å². The van der Waals surface area contributed by atoms with Gasteiger partial charge in [-0.1, -0.05) is 17.7 Å². The van der Waals surface area contributed by atoms with E-state index in [4.69, 9.17) is 16.3 Å². The van der Waals surface area contributed by atoms with Gasteiger partial charge in [-0.2, -0.15) is 0 Å². The second-order valence-corrected chi connectivity index (χ2v) is 5.67. The monoisotopic (exact) mass is 354 g/mol. The van der Waals surface area contributed by atoms with Crippen LogP contribution in [0.1, 0.15) is 17.2 Å². The molecule has 0 bridgehead atoms. The molecule has 0 aliphatic heterocycles. The molecule has 0 fully saturated rings. The molecule has 1 aromatic heterocycles. The molecule has 2 aromatic rings. The molecule has 1 atom stereocenters. The zero-order chi connectivity index (χ0) is 14.5. The van der Waals surface area contributed by atoms with Crippen molar-refractivity contribution < 1.29 is 4.74 Å². The molecular weight excluding hydrogens is 340 g/mol. The van der Waals surface area contributed by atoms with Crippen LogP contribution in [-0.4, -0.2) is 19.1 Å². The third-order valence-electron chi connectivity index (χ3n) is 3.18. The average Bonchev–Trinajstić information content (AvgIpc) is 2.46. The number of nitrogens with one attached hydrogen (secondary N) is 1. The molecule has 20 heavy (non-hydrogen) atoms. The molecule has 0 aliphatic carbocycles. The van der Waals surface area contributed by atoms with Crippen LogP contribution in [0.15, 0.2) is 41.1 Å². The molecule has 3 nitrogen and oxygen atoms in total. The predicted molar refractivity (Wildman–Crippen MR) is 85.4 cm³/mol. The number of hydrogen-bond donors (Lipinski definition) is 1. The van der Waals surface area contributed by atoms with Crippen molar-refractivity contribution in [1.82, 2.24) is 10.3 Å². The number of rotatable bonds is 5. The van der Waals surface area contributed by atoms with Crippen LogP contribution in [0.3, 0.4) is 0 Å². The Morgan fingerprint density at radius 2 is 2.20 bits per heavy atom. The summed E-state index contributed by atoms with van der Waals surface area (Å²) in [7, 11) is 3.59. The molecule has 0 saturated carbocycles. The van der Waals surface area contributed by atoms with E-state index in [9.17, 15) is 0 Å². The molecule has 0 saturated heterocycles. The molecule has 0 radical (unpaired) electrons. The first-order valence-electron chi connectivity index (χ1n) is 6.24. The van der Waals surface area contributed by atoms with Crippen molar-refractivity contribution in [3.05, 3.63) is 57.3 Å². The van der Waals surface area contributed by atoms with Gasteiger partial charge in [-0.15, -0.1) is 0 Å². The molecule has 0 aliphatic rings. The van der Waals surface area contributed by atoms with Crippen molar-refractivity contribution in [3.8, 4) is 5.75 Å². The summed E-state index contributed by atoms with van der Waals surface area (Å²) in [6.45, 7) is 0. The van der Waals surface area contributed by atoms with Gasteiger partial charge in [0.05, 0.1) is 16.6 Å². The molecule has 1 unspecified atom stereocenters. The maximum atomic E-state index is 6.21. The van der Waals surface area contributed by atoms with Crippen molar-refractivity contribution in [3.63, 3.8) is 0 Å². The summed E-state index contributed by atoms with van der Waals surface area (Å²) in [5.41, 5.74) is 2.25. The Morgan fingerprint density at radius 3 is 2.80 bits per heavy atom. The van der Waals surface area contributed by atoms with Crippen molar-refractivity contribution in [1.29, 1.82) is 0 Å². The summed E-state index contributed by atoms with van der Waals surface area (Å²) in [4.78, 5) is 4.02. The number of methoxy groups -OCH3 is 1. The standard InChI is InChI=1S/C15H16BrClN2O/c1-18-14(11-5-6-19-9-13(11)17)8-10-3-4-15(20-2)12(16)7-10/h3-7,9,14,18H,8H2,1-2H3. The van der Waals surface area contributed by atoms with E-state index in [2.05, 4.69) is 38.4 Å². The van der Waals surface area contributed by atoms with Gasteiger partial charge in [0, 0.05) is 18.4 Å². The summed E-state index contributed by atoms with van der Waals surface area (Å²) in [6, 6.07) is 8.18. The number of ether oxygens (including phenoxy) is 1. The van der Waals surface area contributed by atoms with Gasteiger partial charge in [0.15, 0.2) is 0 Å². The Morgan fingerprint density at radius 1 is 1.40 bits per heavy atom.